The number of nitrogens with one attached hydrogen (secondary N) is 1. The Morgan fingerprint density at radius 1 is 1.17 bits per heavy atom. The van der Waals surface area contributed by atoms with Gasteiger partial charge in [0.1, 0.15) is 0 Å². The molecule has 120 valence electrons. The Morgan fingerprint density at radius 3 is 2.57 bits per heavy atom. The van der Waals surface area contributed by atoms with Crippen molar-refractivity contribution in [2.24, 2.45) is 5.10 Å². The SMILES string of the molecule is COc1cccc(/C=N\NC(=O)[C@H](OC)c2ccccc2)c1O. The lowest BCUT2D eigenvalue weighted by Gasteiger charge is -2.13. The molecule has 2 aromatic carbocycles. The first-order valence-corrected chi connectivity index (χ1v) is 6.94. The van der Waals surface area contributed by atoms with Crippen molar-refractivity contribution in [3.63, 3.8) is 0 Å². The fourth-order valence-electron chi connectivity index (χ4n) is 2.05. The highest BCUT2D eigenvalue weighted by molar-refractivity contribution is 5.87. The number of phenols is 1. The molecular weight excluding hydrogens is 296 g/mol. The van der Waals surface area contributed by atoms with E-state index < -0.39 is 12.0 Å². The second kappa shape index (κ2) is 7.95. The van der Waals surface area contributed by atoms with Gasteiger partial charge in [0.2, 0.25) is 0 Å². The van der Waals surface area contributed by atoms with E-state index in [1.54, 1.807) is 30.3 Å². The highest BCUT2D eigenvalue weighted by Crippen LogP contribution is 2.27. The maximum absolute atomic E-state index is 12.1. The number of ether oxygens (including phenoxy) is 2. The molecule has 0 aromatic heterocycles. The monoisotopic (exact) mass is 314 g/mol. The number of hydrogen-bond acceptors (Lipinski definition) is 5. The maximum atomic E-state index is 12.1. The first-order chi connectivity index (χ1) is 11.2. The van der Waals surface area contributed by atoms with Crippen molar-refractivity contribution in [1.29, 1.82) is 0 Å². The Hall–Kier alpha value is -2.86. The lowest BCUT2D eigenvalue weighted by atomic mass is 10.1. The van der Waals surface area contributed by atoms with Gasteiger partial charge in [-0.25, -0.2) is 5.43 Å². The van der Waals surface area contributed by atoms with Crippen LogP contribution in [0.15, 0.2) is 53.6 Å². The number of para-hydroxylation sites is 1. The second-order valence-corrected chi connectivity index (χ2v) is 4.66. The van der Waals surface area contributed by atoms with E-state index in [1.807, 2.05) is 18.2 Å². The average molecular weight is 314 g/mol. The summed E-state index contributed by atoms with van der Waals surface area (Å²) in [4.78, 5) is 12.1. The second-order valence-electron chi connectivity index (χ2n) is 4.66. The van der Waals surface area contributed by atoms with Gasteiger partial charge in [0.25, 0.3) is 5.91 Å². The largest absolute Gasteiger partial charge is 0.504 e. The first-order valence-electron chi connectivity index (χ1n) is 6.94. The van der Waals surface area contributed by atoms with Crippen LogP contribution in [0.3, 0.4) is 0 Å². The van der Waals surface area contributed by atoms with Crippen LogP contribution in [0.4, 0.5) is 0 Å². The fraction of sp³-hybridized carbons (Fsp3) is 0.176. The Bertz CT molecular complexity index is 686. The molecule has 6 heteroatoms. The van der Waals surface area contributed by atoms with Crippen molar-refractivity contribution in [1.82, 2.24) is 5.43 Å². The van der Waals surface area contributed by atoms with E-state index in [4.69, 9.17) is 9.47 Å². The number of hydrazone groups is 1. The summed E-state index contributed by atoms with van der Waals surface area (Å²) in [6, 6.07) is 14.1. The van der Waals surface area contributed by atoms with Gasteiger partial charge in [-0.3, -0.25) is 4.79 Å². The summed E-state index contributed by atoms with van der Waals surface area (Å²) < 4.78 is 10.2. The summed E-state index contributed by atoms with van der Waals surface area (Å²) in [6.07, 6.45) is 0.584. The van der Waals surface area contributed by atoms with Crippen LogP contribution in [0.25, 0.3) is 0 Å². The maximum Gasteiger partial charge on any atom is 0.273 e. The van der Waals surface area contributed by atoms with Gasteiger partial charge in [0, 0.05) is 12.7 Å². The van der Waals surface area contributed by atoms with Crippen molar-refractivity contribution in [3.8, 4) is 11.5 Å². The first kappa shape index (κ1) is 16.5. The summed E-state index contributed by atoms with van der Waals surface area (Å²) in [6.45, 7) is 0. The Morgan fingerprint density at radius 2 is 1.91 bits per heavy atom. The van der Waals surface area contributed by atoms with Gasteiger partial charge in [0.05, 0.1) is 13.3 Å². The number of benzene rings is 2. The number of amides is 1. The van der Waals surface area contributed by atoms with Crippen LogP contribution in [0.1, 0.15) is 17.2 Å². The molecule has 0 aliphatic heterocycles. The Kier molecular flexibility index (Phi) is 5.71. The number of hydrogen-bond donors (Lipinski definition) is 2. The van der Waals surface area contributed by atoms with Crippen LogP contribution in [0.5, 0.6) is 11.5 Å². The zero-order valence-corrected chi connectivity index (χ0v) is 12.9. The minimum Gasteiger partial charge on any atom is -0.504 e. The van der Waals surface area contributed by atoms with Crippen LogP contribution in [-0.4, -0.2) is 31.4 Å². The number of phenolic OH excluding ortho intramolecular Hbond substituents is 1. The Balaban J connectivity index is 2.06. The number of rotatable bonds is 6. The predicted octanol–water partition coefficient (Wildman–Crippen LogP) is 2.24. The minimum absolute atomic E-state index is 0.0423. The van der Waals surface area contributed by atoms with Crippen molar-refractivity contribution in [2.45, 2.75) is 6.10 Å². The van der Waals surface area contributed by atoms with E-state index in [0.717, 1.165) is 5.56 Å². The molecule has 0 saturated carbocycles. The molecule has 0 fully saturated rings. The van der Waals surface area contributed by atoms with E-state index in [2.05, 4.69) is 10.5 Å². The van der Waals surface area contributed by atoms with Crippen molar-refractivity contribution in [2.75, 3.05) is 14.2 Å². The number of methoxy groups -OCH3 is 2. The molecule has 2 N–H and O–H groups in total. The van der Waals surface area contributed by atoms with Crippen LogP contribution in [-0.2, 0) is 9.53 Å². The van der Waals surface area contributed by atoms with Gasteiger partial charge < -0.3 is 14.6 Å². The topological polar surface area (TPSA) is 80.2 Å². The van der Waals surface area contributed by atoms with Gasteiger partial charge in [-0.1, -0.05) is 36.4 Å². The average Bonchev–Trinajstić information content (AvgIpc) is 2.58. The van der Waals surface area contributed by atoms with Crippen LogP contribution in [0, 0.1) is 0 Å². The van der Waals surface area contributed by atoms with E-state index >= 15 is 0 Å². The quantitative estimate of drug-likeness (QED) is 0.633. The molecule has 1 amide bonds. The summed E-state index contributed by atoms with van der Waals surface area (Å²) >= 11 is 0. The van der Waals surface area contributed by atoms with Gasteiger partial charge in [-0.15, -0.1) is 0 Å². The third-order valence-electron chi connectivity index (χ3n) is 3.20. The van der Waals surface area contributed by atoms with E-state index in [0.29, 0.717) is 11.3 Å². The van der Waals surface area contributed by atoms with Gasteiger partial charge in [-0.2, -0.15) is 5.10 Å². The molecule has 0 spiro atoms. The molecule has 23 heavy (non-hydrogen) atoms. The van der Waals surface area contributed by atoms with Crippen LogP contribution < -0.4 is 10.2 Å². The summed E-state index contributed by atoms with van der Waals surface area (Å²) in [5, 5.41) is 13.8. The highest BCUT2D eigenvalue weighted by atomic mass is 16.5. The van der Waals surface area contributed by atoms with Gasteiger partial charge >= 0.3 is 0 Å². The third-order valence-corrected chi connectivity index (χ3v) is 3.20. The number of carbonyl (C=O) groups excluding carboxylic acids is 1. The lowest BCUT2D eigenvalue weighted by Crippen LogP contribution is -2.26. The van der Waals surface area contributed by atoms with Crippen molar-refractivity contribution >= 4 is 12.1 Å². The van der Waals surface area contributed by atoms with Crippen molar-refractivity contribution in [3.05, 3.63) is 59.7 Å². The third kappa shape index (κ3) is 4.08. The van der Waals surface area contributed by atoms with Crippen LogP contribution >= 0.6 is 0 Å². The van der Waals surface area contributed by atoms with Crippen molar-refractivity contribution < 1.29 is 19.4 Å². The zero-order valence-electron chi connectivity index (χ0n) is 12.9. The number of nitrogens with zero attached hydrogens (tertiary/aromatic N) is 1. The molecule has 0 aliphatic rings. The fourth-order valence-corrected chi connectivity index (χ4v) is 2.05. The molecule has 2 rings (SSSR count). The summed E-state index contributed by atoms with van der Waals surface area (Å²) in [7, 11) is 2.91. The predicted molar refractivity (Wildman–Crippen MR) is 86.6 cm³/mol. The molecule has 0 heterocycles. The zero-order chi connectivity index (χ0) is 16.7. The van der Waals surface area contributed by atoms with E-state index in [9.17, 15) is 9.90 Å². The molecule has 0 unspecified atom stereocenters. The summed E-state index contributed by atoms with van der Waals surface area (Å²) in [5.41, 5.74) is 3.56. The van der Waals surface area contributed by atoms with Gasteiger partial charge in [0.15, 0.2) is 17.6 Å². The molecule has 0 bridgehead atoms. The molecule has 0 saturated heterocycles. The normalized spacial score (nSPS) is 12.1. The molecule has 1 atom stereocenters. The lowest BCUT2D eigenvalue weighted by molar-refractivity contribution is -0.131. The molecule has 0 radical (unpaired) electrons. The number of aromatic hydroxyl groups is 1. The molecule has 6 nitrogen and oxygen atoms in total. The smallest absolute Gasteiger partial charge is 0.273 e. The van der Waals surface area contributed by atoms with E-state index in [-0.39, 0.29) is 5.75 Å². The summed E-state index contributed by atoms with van der Waals surface area (Å²) in [5.74, 6) is -0.115. The minimum atomic E-state index is -0.757. The Labute approximate surface area is 134 Å². The standard InChI is InChI=1S/C17H18N2O4/c1-22-14-10-6-9-13(15(14)20)11-18-19-17(21)16(23-2)12-7-4-3-5-8-12/h3-11,16,20H,1-2H3,(H,19,21)/b18-11-/t16-/m1/s1. The molecular formula is C17H18N2O4. The van der Waals surface area contributed by atoms with Gasteiger partial charge in [-0.05, 0) is 17.7 Å². The number of carbonyl (C=O) groups is 1. The molecule has 0 aliphatic carbocycles. The van der Waals surface area contributed by atoms with Crippen LogP contribution in [0.2, 0.25) is 0 Å². The molecule has 2 aromatic rings. The highest BCUT2D eigenvalue weighted by Gasteiger charge is 2.19. The van der Waals surface area contributed by atoms with E-state index in [1.165, 1.54) is 20.4 Å².